The fourth-order valence-electron chi connectivity index (χ4n) is 3.89. The molecule has 5 heteroatoms. The molecule has 2 aromatic carbocycles. The summed E-state index contributed by atoms with van der Waals surface area (Å²) in [6, 6.07) is 15.4. The third-order valence-electron chi connectivity index (χ3n) is 5.27. The first-order valence-corrected chi connectivity index (χ1v) is 9.09. The topological polar surface area (TPSA) is 60.9 Å². The van der Waals surface area contributed by atoms with Gasteiger partial charge in [-0.2, -0.15) is 0 Å². The predicted octanol–water partition coefficient (Wildman–Crippen LogP) is 3.20. The Hall–Kier alpha value is -2.66. The standard InChI is InChI=1S/C21H22N2O3/c24-20-18(21(25)26)13-16-5-1-2-6-19(16)23(20)17-9-7-15(8-10-17)14-22-11-3-4-12-22/h1-2,5-10,18H,3-4,11-14H2,(H,25,26). The van der Waals surface area contributed by atoms with Crippen LogP contribution in [0, 0.1) is 5.92 Å². The van der Waals surface area contributed by atoms with E-state index in [4.69, 9.17) is 0 Å². The van der Waals surface area contributed by atoms with Crippen molar-refractivity contribution in [3.8, 4) is 0 Å². The van der Waals surface area contributed by atoms with Crippen LogP contribution in [0.2, 0.25) is 0 Å². The van der Waals surface area contributed by atoms with Crippen LogP contribution in [-0.4, -0.2) is 35.0 Å². The second-order valence-electron chi connectivity index (χ2n) is 7.05. The molecule has 134 valence electrons. The highest BCUT2D eigenvalue weighted by Gasteiger charge is 2.38. The molecule has 1 saturated heterocycles. The van der Waals surface area contributed by atoms with Crippen molar-refractivity contribution in [1.29, 1.82) is 0 Å². The predicted molar refractivity (Wildman–Crippen MR) is 99.4 cm³/mol. The Bertz CT molecular complexity index is 825. The normalized spacial score (nSPS) is 20.2. The second kappa shape index (κ2) is 6.92. The Kier molecular flexibility index (Phi) is 4.47. The summed E-state index contributed by atoms with van der Waals surface area (Å²) in [6.45, 7) is 3.20. The van der Waals surface area contributed by atoms with Gasteiger partial charge >= 0.3 is 5.97 Å². The number of nitrogens with zero attached hydrogens (tertiary/aromatic N) is 2. The van der Waals surface area contributed by atoms with Crippen LogP contribution in [0.1, 0.15) is 24.0 Å². The number of rotatable bonds is 4. The number of likely N-dealkylation sites (tertiary alicyclic amines) is 1. The summed E-state index contributed by atoms with van der Waals surface area (Å²) in [4.78, 5) is 28.4. The molecular formula is C21H22N2O3. The first-order valence-electron chi connectivity index (χ1n) is 9.09. The third-order valence-corrected chi connectivity index (χ3v) is 5.27. The van der Waals surface area contributed by atoms with Crippen LogP contribution in [0.4, 0.5) is 11.4 Å². The van der Waals surface area contributed by atoms with Gasteiger partial charge in [0, 0.05) is 12.2 Å². The van der Waals surface area contributed by atoms with Crippen molar-refractivity contribution in [1.82, 2.24) is 4.90 Å². The first-order chi connectivity index (χ1) is 12.6. The molecule has 4 rings (SSSR count). The van der Waals surface area contributed by atoms with E-state index >= 15 is 0 Å². The molecule has 1 fully saturated rings. The lowest BCUT2D eigenvalue weighted by Gasteiger charge is -2.32. The molecule has 1 atom stereocenters. The average Bonchev–Trinajstić information content (AvgIpc) is 3.15. The molecule has 2 heterocycles. The Morgan fingerprint density at radius 3 is 2.42 bits per heavy atom. The fraction of sp³-hybridized carbons (Fsp3) is 0.333. The molecule has 0 saturated carbocycles. The zero-order chi connectivity index (χ0) is 18.1. The van der Waals surface area contributed by atoms with Crippen molar-refractivity contribution >= 4 is 23.3 Å². The van der Waals surface area contributed by atoms with Crippen molar-refractivity contribution < 1.29 is 14.7 Å². The molecule has 0 bridgehead atoms. The summed E-state index contributed by atoms with van der Waals surface area (Å²) < 4.78 is 0. The van der Waals surface area contributed by atoms with Crippen molar-refractivity contribution in [2.24, 2.45) is 5.92 Å². The van der Waals surface area contributed by atoms with Crippen molar-refractivity contribution in [2.45, 2.75) is 25.8 Å². The molecule has 1 N–H and O–H groups in total. The number of hydrogen-bond acceptors (Lipinski definition) is 3. The van der Waals surface area contributed by atoms with Crippen LogP contribution in [-0.2, 0) is 22.6 Å². The smallest absolute Gasteiger partial charge is 0.316 e. The average molecular weight is 350 g/mol. The lowest BCUT2D eigenvalue weighted by molar-refractivity contribution is -0.146. The van der Waals surface area contributed by atoms with E-state index in [-0.39, 0.29) is 12.3 Å². The zero-order valence-corrected chi connectivity index (χ0v) is 14.6. The van der Waals surface area contributed by atoms with Gasteiger partial charge in [0.1, 0.15) is 5.92 Å². The maximum absolute atomic E-state index is 12.8. The SMILES string of the molecule is O=C(O)C1Cc2ccccc2N(c2ccc(CN3CCCC3)cc2)C1=O. The van der Waals surface area contributed by atoms with Gasteiger partial charge in [0.25, 0.3) is 0 Å². The van der Waals surface area contributed by atoms with E-state index in [9.17, 15) is 14.7 Å². The molecule has 0 spiro atoms. The van der Waals surface area contributed by atoms with Crippen molar-refractivity contribution in [3.63, 3.8) is 0 Å². The highest BCUT2D eigenvalue weighted by atomic mass is 16.4. The maximum Gasteiger partial charge on any atom is 0.316 e. The monoisotopic (exact) mass is 350 g/mol. The number of hydrogen-bond donors (Lipinski definition) is 1. The molecule has 1 amide bonds. The van der Waals surface area contributed by atoms with Gasteiger partial charge in [0.05, 0.1) is 5.69 Å². The van der Waals surface area contributed by atoms with Crippen molar-refractivity contribution in [3.05, 3.63) is 59.7 Å². The number of anilines is 2. The van der Waals surface area contributed by atoms with Crippen molar-refractivity contribution in [2.75, 3.05) is 18.0 Å². The number of carboxylic acids is 1. The minimum absolute atomic E-state index is 0.244. The number of carbonyl (C=O) groups excluding carboxylic acids is 1. The Morgan fingerprint density at radius 1 is 1.04 bits per heavy atom. The van der Waals surface area contributed by atoms with Crippen LogP contribution < -0.4 is 4.90 Å². The molecule has 2 aromatic rings. The van der Waals surface area contributed by atoms with Gasteiger partial charge in [-0.3, -0.25) is 19.4 Å². The maximum atomic E-state index is 12.8. The van der Waals surface area contributed by atoms with E-state index < -0.39 is 11.9 Å². The second-order valence-corrected chi connectivity index (χ2v) is 7.05. The molecular weight excluding hydrogens is 328 g/mol. The third kappa shape index (κ3) is 3.10. The Morgan fingerprint density at radius 2 is 1.73 bits per heavy atom. The van der Waals surface area contributed by atoms with Crippen LogP contribution in [0.25, 0.3) is 0 Å². The highest BCUT2D eigenvalue weighted by Crippen LogP contribution is 2.36. The van der Waals surface area contributed by atoms with E-state index in [1.807, 2.05) is 48.5 Å². The highest BCUT2D eigenvalue weighted by molar-refractivity contribution is 6.12. The number of aliphatic carboxylic acids is 1. The fourth-order valence-corrected chi connectivity index (χ4v) is 3.89. The number of para-hydroxylation sites is 1. The lowest BCUT2D eigenvalue weighted by atomic mass is 9.91. The summed E-state index contributed by atoms with van der Waals surface area (Å²) in [5, 5.41) is 9.45. The van der Waals surface area contributed by atoms with Gasteiger partial charge < -0.3 is 5.11 Å². The van der Waals surface area contributed by atoms with Gasteiger partial charge in [-0.05, 0) is 61.7 Å². The zero-order valence-electron chi connectivity index (χ0n) is 14.6. The minimum Gasteiger partial charge on any atom is -0.481 e. The van der Waals surface area contributed by atoms with E-state index in [0.29, 0.717) is 0 Å². The van der Waals surface area contributed by atoms with Gasteiger partial charge in [0.2, 0.25) is 5.91 Å². The molecule has 1 unspecified atom stereocenters. The van der Waals surface area contributed by atoms with Gasteiger partial charge in [0.15, 0.2) is 0 Å². The quantitative estimate of drug-likeness (QED) is 0.860. The first kappa shape index (κ1) is 16.8. The van der Waals surface area contributed by atoms with Crippen LogP contribution >= 0.6 is 0 Å². The number of carboxylic acid groups (broad SMARTS) is 1. The summed E-state index contributed by atoms with van der Waals surface area (Å²) in [5.41, 5.74) is 3.60. The van der Waals surface area contributed by atoms with E-state index in [1.165, 1.54) is 18.4 Å². The molecule has 0 radical (unpaired) electrons. The van der Waals surface area contributed by atoms with Crippen LogP contribution in [0.5, 0.6) is 0 Å². The van der Waals surface area contributed by atoms with E-state index in [0.717, 1.165) is 36.6 Å². The summed E-state index contributed by atoms with van der Waals surface area (Å²) in [6.07, 6.45) is 2.76. The molecule has 0 aliphatic carbocycles. The minimum atomic E-state index is -1.07. The summed E-state index contributed by atoms with van der Waals surface area (Å²) >= 11 is 0. The Labute approximate surface area is 152 Å². The van der Waals surface area contributed by atoms with E-state index in [2.05, 4.69) is 4.90 Å². The molecule has 2 aliphatic rings. The molecule has 26 heavy (non-hydrogen) atoms. The molecule has 5 nitrogen and oxygen atoms in total. The van der Waals surface area contributed by atoms with Gasteiger partial charge in [-0.1, -0.05) is 30.3 Å². The van der Waals surface area contributed by atoms with Gasteiger partial charge in [-0.25, -0.2) is 0 Å². The summed E-state index contributed by atoms with van der Waals surface area (Å²) in [7, 11) is 0. The lowest BCUT2D eigenvalue weighted by Crippen LogP contribution is -2.41. The summed E-state index contributed by atoms with van der Waals surface area (Å²) in [5.74, 6) is -2.47. The Balaban J connectivity index is 1.64. The van der Waals surface area contributed by atoms with Crippen LogP contribution in [0.15, 0.2) is 48.5 Å². The largest absolute Gasteiger partial charge is 0.481 e. The van der Waals surface area contributed by atoms with Crippen LogP contribution in [0.3, 0.4) is 0 Å². The molecule has 0 aromatic heterocycles. The molecule has 2 aliphatic heterocycles. The number of amides is 1. The number of benzene rings is 2. The number of carbonyl (C=O) groups is 2. The number of fused-ring (bicyclic) bond motifs is 1. The van der Waals surface area contributed by atoms with E-state index in [1.54, 1.807) is 4.90 Å². The van der Waals surface area contributed by atoms with Gasteiger partial charge in [-0.15, -0.1) is 0 Å².